The van der Waals surface area contributed by atoms with Gasteiger partial charge < -0.3 is 9.32 Å². The molecule has 0 radical (unpaired) electrons. The third-order valence-electron chi connectivity index (χ3n) is 6.75. The molecular weight excluding hydrogens is 368 g/mol. The summed E-state index contributed by atoms with van der Waals surface area (Å²) >= 11 is 0. The van der Waals surface area contributed by atoms with E-state index in [0.29, 0.717) is 6.54 Å². The zero-order chi connectivity index (χ0) is 19.8. The summed E-state index contributed by atoms with van der Waals surface area (Å²) in [5.41, 5.74) is 3.31. The summed E-state index contributed by atoms with van der Waals surface area (Å²) in [7, 11) is 0. The van der Waals surface area contributed by atoms with Crippen LogP contribution in [-0.4, -0.2) is 70.5 Å². The number of nitrogens with zero attached hydrogens (tertiary/aromatic N) is 4. The first kappa shape index (κ1) is 18.6. The van der Waals surface area contributed by atoms with Gasteiger partial charge in [0, 0.05) is 45.3 Å². The molecule has 154 valence electrons. The van der Waals surface area contributed by atoms with E-state index >= 15 is 0 Å². The lowest BCUT2D eigenvalue weighted by atomic mass is 9.91. The standard InChI is InChI=1S/C22H28N4O3/c27-21(25-10-8-24(9-11-25)19-2-1-3-19)16-23-7-6-17-14-20(5-4-18(17)15-23)26-12-13-29-22(26)28/h4-5,12-14,19H,1-3,6-11,15-16H2. The summed E-state index contributed by atoms with van der Waals surface area (Å²) in [5, 5.41) is 0. The Morgan fingerprint density at radius 1 is 1.07 bits per heavy atom. The highest BCUT2D eigenvalue weighted by molar-refractivity contribution is 5.78. The molecule has 29 heavy (non-hydrogen) atoms. The number of carbonyl (C=O) groups excluding carboxylic acids is 1. The Morgan fingerprint density at radius 3 is 2.59 bits per heavy atom. The first-order valence-electron chi connectivity index (χ1n) is 10.7. The Kier molecular flexibility index (Phi) is 5.01. The molecule has 3 heterocycles. The molecule has 1 aliphatic carbocycles. The second-order valence-electron chi connectivity index (χ2n) is 8.45. The van der Waals surface area contributed by atoms with Gasteiger partial charge in [0.2, 0.25) is 5.91 Å². The van der Waals surface area contributed by atoms with Crippen molar-refractivity contribution in [2.75, 3.05) is 39.3 Å². The second-order valence-corrected chi connectivity index (χ2v) is 8.45. The topological polar surface area (TPSA) is 61.9 Å². The third kappa shape index (κ3) is 3.76. The number of hydrogen-bond acceptors (Lipinski definition) is 5. The molecule has 1 aromatic carbocycles. The first-order chi connectivity index (χ1) is 14.2. The molecule has 7 nitrogen and oxygen atoms in total. The maximum absolute atomic E-state index is 12.8. The highest BCUT2D eigenvalue weighted by Crippen LogP contribution is 2.26. The van der Waals surface area contributed by atoms with Gasteiger partial charge in [0.05, 0.1) is 18.4 Å². The number of amides is 1. The minimum Gasteiger partial charge on any atom is -0.416 e. The molecular formula is C22H28N4O3. The monoisotopic (exact) mass is 396 g/mol. The van der Waals surface area contributed by atoms with Crippen LogP contribution < -0.4 is 5.76 Å². The van der Waals surface area contributed by atoms with E-state index in [1.807, 2.05) is 11.0 Å². The summed E-state index contributed by atoms with van der Waals surface area (Å²) in [6.07, 6.45) is 7.96. The average molecular weight is 396 g/mol. The summed E-state index contributed by atoms with van der Waals surface area (Å²) in [6.45, 7) is 5.91. The number of rotatable bonds is 4. The van der Waals surface area contributed by atoms with E-state index in [2.05, 4.69) is 21.9 Å². The number of hydrogen-bond donors (Lipinski definition) is 0. The number of aromatic nitrogens is 1. The molecule has 0 unspecified atom stereocenters. The van der Waals surface area contributed by atoms with E-state index in [1.54, 1.807) is 6.20 Å². The van der Waals surface area contributed by atoms with Gasteiger partial charge in [0.25, 0.3) is 0 Å². The van der Waals surface area contributed by atoms with Gasteiger partial charge in [-0.05, 0) is 42.5 Å². The Hall–Kier alpha value is -2.38. The van der Waals surface area contributed by atoms with Crippen molar-refractivity contribution in [3.8, 4) is 5.69 Å². The van der Waals surface area contributed by atoms with Crippen LogP contribution in [0.5, 0.6) is 0 Å². The van der Waals surface area contributed by atoms with Crippen molar-refractivity contribution in [2.24, 2.45) is 0 Å². The van der Waals surface area contributed by atoms with Gasteiger partial charge in [-0.1, -0.05) is 12.5 Å². The fraction of sp³-hybridized carbons (Fsp3) is 0.545. The van der Waals surface area contributed by atoms with Gasteiger partial charge in [-0.25, -0.2) is 9.36 Å². The molecule has 1 saturated heterocycles. The Bertz CT molecular complexity index is 938. The van der Waals surface area contributed by atoms with Crippen molar-refractivity contribution >= 4 is 5.91 Å². The van der Waals surface area contributed by atoms with Gasteiger partial charge >= 0.3 is 5.76 Å². The Labute approximate surface area is 170 Å². The normalized spacial score (nSPS) is 21.0. The summed E-state index contributed by atoms with van der Waals surface area (Å²) < 4.78 is 6.38. The number of carbonyl (C=O) groups is 1. The van der Waals surface area contributed by atoms with Crippen molar-refractivity contribution in [2.45, 2.75) is 38.3 Å². The lowest BCUT2D eigenvalue weighted by Gasteiger charge is -2.43. The summed E-state index contributed by atoms with van der Waals surface area (Å²) in [4.78, 5) is 31.4. The number of fused-ring (bicyclic) bond motifs is 1. The highest BCUT2D eigenvalue weighted by atomic mass is 16.4. The van der Waals surface area contributed by atoms with Crippen molar-refractivity contribution in [3.63, 3.8) is 0 Å². The SMILES string of the molecule is O=C(CN1CCc2cc(-n3ccoc3=O)ccc2C1)N1CCN(C2CCC2)CC1. The second kappa shape index (κ2) is 7.80. The fourth-order valence-corrected chi connectivity index (χ4v) is 4.72. The molecule has 1 saturated carbocycles. The van der Waals surface area contributed by atoms with Crippen molar-refractivity contribution < 1.29 is 9.21 Å². The molecule has 1 amide bonds. The fourth-order valence-electron chi connectivity index (χ4n) is 4.72. The molecule has 2 aliphatic heterocycles. The number of oxazole rings is 1. The average Bonchev–Trinajstić information content (AvgIpc) is 3.13. The third-order valence-corrected chi connectivity index (χ3v) is 6.75. The molecule has 7 heteroatoms. The predicted molar refractivity (Wildman–Crippen MR) is 109 cm³/mol. The minimum absolute atomic E-state index is 0.253. The van der Waals surface area contributed by atoms with Crippen LogP contribution in [0.15, 0.2) is 39.9 Å². The molecule has 0 atom stereocenters. The molecule has 2 fully saturated rings. The van der Waals surface area contributed by atoms with Gasteiger partial charge in [0.1, 0.15) is 6.26 Å². The highest BCUT2D eigenvalue weighted by Gasteiger charge is 2.30. The zero-order valence-electron chi connectivity index (χ0n) is 16.8. The van der Waals surface area contributed by atoms with Crippen LogP contribution in [0.25, 0.3) is 5.69 Å². The van der Waals surface area contributed by atoms with Crippen LogP contribution >= 0.6 is 0 Å². The van der Waals surface area contributed by atoms with E-state index in [-0.39, 0.29) is 11.7 Å². The molecule has 0 spiro atoms. The summed E-state index contributed by atoms with van der Waals surface area (Å²) in [5.74, 6) is -0.117. The van der Waals surface area contributed by atoms with E-state index in [9.17, 15) is 9.59 Å². The van der Waals surface area contributed by atoms with Crippen LogP contribution in [0.4, 0.5) is 0 Å². The van der Waals surface area contributed by atoms with Crippen LogP contribution in [0.3, 0.4) is 0 Å². The maximum atomic E-state index is 12.8. The van der Waals surface area contributed by atoms with E-state index in [4.69, 9.17) is 4.42 Å². The molecule has 1 aromatic heterocycles. The number of piperazine rings is 1. The molecule has 0 N–H and O–H groups in total. The lowest BCUT2D eigenvalue weighted by Crippen LogP contribution is -2.55. The van der Waals surface area contributed by atoms with Crippen molar-refractivity contribution in [1.82, 2.24) is 19.3 Å². The minimum atomic E-state index is -0.370. The van der Waals surface area contributed by atoms with Crippen molar-refractivity contribution in [1.29, 1.82) is 0 Å². The van der Waals surface area contributed by atoms with Crippen LogP contribution in [0.2, 0.25) is 0 Å². The maximum Gasteiger partial charge on any atom is 0.423 e. The van der Waals surface area contributed by atoms with Crippen LogP contribution in [-0.2, 0) is 17.8 Å². The van der Waals surface area contributed by atoms with Crippen LogP contribution in [0.1, 0.15) is 30.4 Å². The van der Waals surface area contributed by atoms with E-state index in [1.165, 1.54) is 41.2 Å². The van der Waals surface area contributed by atoms with Gasteiger partial charge in [0.15, 0.2) is 0 Å². The smallest absolute Gasteiger partial charge is 0.416 e. The van der Waals surface area contributed by atoms with E-state index < -0.39 is 0 Å². The molecule has 2 aromatic rings. The summed E-state index contributed by atoms with van der Waals surface area (Å²) in [6, 6.07) is 6.85. The molecule has 3 aliphatic rings. The van der Waals surface area contributed by atoms with E-state index in [0.717, 1.165) is 57.4 Å². The number of benzene rings is 1. The van der Waals surface area contributed by atoms with Gasteiger partial charge in [-0.2, -0.15) is 0 Å². The van der Waals surface area contributed by atoms with Crippen molar-refractivity contribution in [3.05, 3.63) is 52.3 Å². The Morgan fingerprint density at radius 2 is 1.90 bits per heavy atom. The lowest BCUT2D eigenvalue weighted by molar-refractivity contribution is -0.135. The van der Waals surface area contributed by atoms with Gasteiger partial charge in [-0.3, -0.25) is 14.6 Å². The first-order valence-corrected chi connectivity index (χ1v) is 10.7. The van der Waals surface area contributed by atoms with Crippen LogP contribution in [0, 0.1) is 0 Å². The Balaban J connectivity index is 1.17. The quantitative estimate of drug-likeness (QED) is 0.784. The zero-order valence-corrected chi connectivity index (χ0v) is 16.8. The molecule has 0 bridgehead atoms. The predicted octanol–water partition coefficient (Wildman–Crippen LogP) is 1.49. The largest absolute Gasteiger partial charge is 0.423 e. The van der Waals surface area contributed by atoms with Gasteiger partial charge in [-0.15, -0.1) is 0 Å². The molecule has 5 rings (SSSR count).